The summed E-state index contributed by atoms with van der Waals surface area (Å²) in [7, 11) is -1.95. The van der Waals surface area contributed by atoms with Gasteiger partial charge in [-0.1, -0.05) is 25.7 Å². The first-order valence-electron chi connectivity index (χ1n) is 7.34. The molecule has 0 aliphatic heterocycles. The monoisotopic (exact) mass is 311 g/mol. The second-order valence-corrected chi connectivity index (χ2v) is 11.8. The summed E-state index contributed by atoms with van der Waals surface area (Å²) in [5.74, 6) is 0.0607. The van der Waals surface area contributed by atoms with Crippen molar-refractivity contribution in [3.63, 3.8) is 0 Å². The third kappa shape index (κ3) is 4.30. The van der Waals surface area contributed by atoms with Crippen molar-refractivity contribution < 1.29 is 13.9 Å². The van der Waals surface area contributed by atoms with E-state index in [-0.39, 0.29) is 17.9 Å². The Hall–Kier alpha value is -1.36. The van der Waals surface area contributed by atoms with Gasteiger partial charge in [0.15, 0.2) is 0 Å². The molecule has 0 unspecified atom stereocenters. The molecule has 0 saturated carbocycles. The average Bonchev–Trinajstić information content (AvgIpc) is 2.25. The Labute approximate surface area is 128 Å². The summed E-state index contributed by atoms with van der Waals surface area (Å²) < 4.78 is 19.7. The summed E-state index contributed by atoms with van der Waals surface area (Å²) in [6.07, 6.45) is -0.426. The van der Waals surface area contributed by atoms with Crippen LogP contribution in [0.25, 0.3) is 0 Å². The van der Waals surface area contributed by atoms with Crippen molar-refractivity contribution in [1.82, 2.24) is 4.90 Å². The number of hydrogen-bond donors (Lipinski definition) is 0. The van der Waals surface area contributed by atoms with Crippen LogP contribution in [0.5, 0.6) is 5.75 Å². The van der Waals surface area contributed by atoms with Gasteiger partial charge in [0.05, 0.1) is 8.07 Å². The van der Waals surface area contributed by atoms with E-state index in [1.54, 1.807) is 17.0 Å². The maximum Gasteiger partial charge on any atom is 0.415 e. The number of hydrogen-bond acceptors (Lipinski definition) is 2. The smallest absolute Gasteiger partial charge is 0.410 e. The number of benzene rings is 1. The van der Waals surface area contributed by atoms with Crippen LogP contribution in [0, 0.1) is 5.82 Å². The van der Waals surface area contributed by atoms with Gasteiger partial charge in [0.25, 0.3) is 0 Å². The molecule has 1 aromatic rings. The Balaban J connectivity index is 3.14. The van der Waals surface area contributed by atoms with Crippen LogP contribution < -0.4 is 9.92 Å². The Bertz CT molecular complexity index is 501. The number of halogens is 1. The van der Waals surface area contributed by atoms with Gasteiger partial charge in [0.2, 0.25) is 0 Å². The normalized spacial score (nSPS) is 11.9. The van der Waals surface area contributed by atoms with Gasteiger partial charge in [0, 0.05) is 17.3 Å². The fourth-order valence-corrected chi connectivity index (χ4v) is 4.16. The molecular formula is C16H26FNO2Si. The van der Waals surface area contributed by atoms with Crippen LogP contribution in [0.1, 0.15) is 27.7 Å². The molecule has 0 aliphatic rings. The van der Waals surface area contributed by atoms with Gasteiger partial charge in [-0.05, 0) is 39.8 Å². The van der Waals surface area contributed by atoms with Crippen molar-refractivity contribution >= 4 is 19.4 Å². The number of ether oxygens (including phenoxy) is 1. The predicted octanol–water partition coefficient (Wildman–Crippen LogP) is 3.99. The van der Waals surface area contributed by atoms with Crippen molar-refractivity contribution in [3.8, 4) is 5.75 Å². The molecule has 118 valence electrons. The quantitative estimate of drug-likeness (QED) is 0.787. The molecular weight excluding hydrogens is 285 g/mol. The highest BCUT2D eigenvalue weighted by atomic mass is 28.3. The molecule has 0 bridgehead atoms. The molecule has 0 N–H and O–H groups in total. The molecule has 3 nitrogen and oxygen atoms in total. The summed E-state index contributed by atoms with van der Waals surface area (Å²) in [5.41, 5.74) is 0. The van der Waals surface area contributed by atoms with Crippen LogP contribution in [-0.2, 0) is 0 Å². The molecule has 21 heavy (non-hydrogen) atoms. The van der Waals surface area contributed by atoms with Crippen LogP contribution >= 0.6 is 0 Å². The lowest BCUT2D eigenvalue weighted by molar-refractivity contribution is 0.123. The highest BCUT2D eigenvalue weighted by Crippen LogP contribution is 2.19. The van der Waals surface area contributed by atoms with Crippen molar-refractivity contribution in [1.29, 1.82) is 0 Å². The van der Waals surface area contributed by atoms with E-state index in [1.807, 2.05) is 47.3 Å². The highest BCUT2D eigenvalue weighted by Gasteiger charge is 2.28. The number of nitrogens with zero attached hydrogens (tertiary/aromatic N) is 1. The van der Waals surface area contributed by atoms with Crippen molar-refractivity contribution in [3.05, 3.63) is 24.0 Å². The van der Waals surface area contributed by atoms with Crippen molar-refractivity contribution in [2.24, 2.45) is 0 Å². The van der Waals surface area contributed by atoms with E-state index in [0.29, 0.717) is 10.9 Å². The van der Waals surface area contributed by atoms with Gasteiger partial charge in [-0.25, -0.2) is 9.18 Å². The van der Waals surface area contributed by atoms with E-state index in [2.05, 4.69) is 0 Å². The van der Waals surface area contributed by atoms with Gasteiger partial charge in [0.1, 0.15) is 11.6 Å². The Morgan fingerprint density at radius 2 is 1.67 bits per heavy atom. The maximum atomic E-state index is 14.1. The lowest BCUT2D eigenvalue weighted by Gasteiger charge is -2.30. The van der Waals surface area contributed by atoms with Crippen LogP contribution in [-0.4, -0.2) is 31.2 Å². The predicted molar refractivity (Wildman–Crippen MR) is 87.5 cm³/mol. The SMILES string of the molecule is CC(C)N(C(=O)Oc1cccc(F)c1[Si](C)(C)C)C(C)C. The highest BCUT2D eigenvalue weighted by molar-refractivity contribution is 6.89. The third-order valence-corrected chi connectivity index (χ3v) is 5.23. The molecule has 1 amide bonds. The van der Waals surface area contributed by atoms with Gasteiger partial charge >= 0.3 is 6.09 Å². The van der Waals surface area contributed by atoms with Gasteiger partial charge in [-0.3, -0.25) is 0 Å². The van der Waals surface area contributed by atoms with Crippen LogP contribution in [0.2, 0.25) is 19.6 Å². The van der Waals surface area contributed by atoms with E-state index in [0.717, 1.165) is 0 Å². The van der Waals surface area contributed by atoms with Crippen molar-refractivity contribution in [2.45, 2.75) is 59.4 Å². The molecule has 0 saturated heterocycles. The molecule has 0 heterocycles. The number of amides is 1. The molecule has 0 spiro atoms. The summed E-state index contributed by atoms with van der Waals surface area (Å²) in [5, 5.41) is 0.561. The first-order chi connectivity index (χ1) is 9.55. The zero-order valence-electron chi connectivity index (χ0n) is 14.0. The van der Waals surface area contributed by atoms with E-state index in [4.69, 9.17) is 4.74 Å². The molecule has 0 aliphatic carbocycles. The molecule has 0 radical (unpaired) electrons. The van der Waals surface area contributed by atoms with E-state index < -0.39 is 14.2 Å². The summed E-state index contributed by atoms with van der Waals surface area (Å²) in [6.45, 7) is 13.8. The minimum atomic E-state index is -1.95. The standard InChI is InChI=1S/C16H26FNO2Si/c1-11(2)18(12(3)4)16(19)20-14-10-8-9-13(17)15(14)21(5,6)7/h8-12H,1-7H3. The Morgan fingerprint density at radius 1 is 1.14 bits per heavy atom. The minimum absolute atomic E-state index is 0.0291. The van der Waals surface area contributed by atoms with Gasteiger partial charge < -0.3 is 9.64 Å². The molecule has 1 aromatic carbocycles. The van der Waals surface area contributed by atoms with E-state index >= 15 is 0 Å². The zero-order chi connectivity index (χ0) is 16.4. The van der Waals surface area contributed by atoms with Crippen LogP contribution in [0.4, 0.5) is 9.18 Å². The first-order valence-corrected chi connectivity index (χ1v) is 10.8. The average molecular weight is 311 g/mol. The van der Waals surface area contributed by atoms with E-state index in [9.17, 15) is 9.18 Å². The molecule has 0 atom stereocenters. The van der Waals surface area contributed by atoms with Crippen LogP contribution in [0.3, 0.4) is 0 Å². The zero-order valence-corrected chi connectivity index (χ0v) is 15.0. The fourth-order valence-electron chi connectivity index (χ4n) is 2.48. The van der Waals surface area contributed by atoms with E-state index in [1.165, 1.54) is 6.07 Å². The molecule has 0 fully saturated rings. The van der Waals surface area contributed by atoms with Crippen LogP contribution in [0.15, 0.2) is 18.2 Å². The molecule has 0 aromatic heterocycles. The largest absolute Gasteiger partial charge is 0.415 e. The third-order valence-electron chi connectivity index (χ3n) is 3.25. The minimum Gasteiger partial charge on any atom is -0.410 e. The fraction of sp³-hybridized carbons (Fsp3) is 0.562. The maximum absolute atomic E-state index is 14.1. The van der Waals surface area contributed by atoms with Gasteiger partial charge in [-0.15, -0.1) is 0 Å². The lowest BCUT2D eigenvalue weighted by atomic mass is 10.2. The number of carbonyl (C=O) groups excluding carboxylic acids is 1. The Kier molecular flexibility index (Phi) is 5.56. The van der Waals surface area contributed by atoms with Crippen molar-refractivity contribution in [2.75, 3.05) is 0 Å². The second-order valence-electron chi connectivity index (χ2n) is 6.83. The van der Waals surface area contributed by atoms with Gasteiger partial charge in [-0.2, -0.15) is 0 Å². The summed E-state index contributed by atoms with van der Waals surface area (Å²) in [6, 6.07) is 4.74. The molecule has 5 heteroatoms. The topological polar surface area (TPSA) is 29.5 Å². The second kappa shape index (κ2) is 6.60. The number of carbonyl (C=O) groups is 1. The summed E-state index contributed by atoms with van der Waals surface area (Å²) in [4.78, 5) is 14.0. The molecule has 1 rings (SSSR count). The Morgan fingerprint density at radius 3 is 2.10 bits per heavy atom. The lowest BCUT2D eigenvalue weighted by Crippen LogP contribution is -2.46. The first kappa shape index (κ1) is 17.7. The number of rotatable bonds is 4. The summed E-state index contributed by atoms with van der Waals surface area (Å²) >= 11 is 0.